The van der Waals surface area contributed by atoms with E-state index in [1.54, 1.807) is 0 Å². The van der Waals surface area contributed by atoms with E-state index in [-0.39, 0.29) is 12.2 Å². The van der Waals surface area contributed by atoms with E-state index >= 15 is 0 Å². The largest absolute Gasteiger partial charge is 0.325 e. The van der Waals surface area contributed by atoms with E-state index in [4.69, 9.17) is 11.6 Å². The molecule has 1 N–H and O–H groups in total. The maximum absolute atomic E-state index is 12.4. The Morgan fingerprint density at radius 3 is 2.62 bits per heavy atom. The molecule has 0 spiro atoms. The third kappa shape index (κ3) is 5.57. The van der Waals surface area contributed by atoms with Gasteiger partial charge in [0.25, 0.3) is 0 Å². The first-order valence-corrected chi connectivity index (χ1v) is 10.0. The van der Waals surface area contributed by atoms with E-state index < -0.39 is 0 Å². The van der Waals surface area contributed by atoms with Crippen LogP contribution in [0.25, 0.3) is 0 Å². The molecule has 2 rings (SSSR count). The van der Waals surface area contributed by atoms with Crippen molar-refractivity contribution in [1.29, 1.82) is 0 Å². The number of amides is 2. The lowest BCUT2D eigenvalue weighted by molar-refractivity contribution is 0.155. The minimum absolute atomic E-state index is 0.0561. The van der Waals surface area contributed by atoms with Crippen molar-refractivity contribution in [2.45, 2.75) is 49.9 Å². The monoisotopic (exact) mass is 369 g/mol. The summed E-state index contributed by atoms with van der Waals surface area (Å²) in [7, 11) is 0. The number of thioether (sulfide) groups is 1. The van der Waals surface area contributed by atoms with E-state index in [1.807, 2.05) is 41.8 Å². The van der Waals surface area contributed by atoms with Crippen molar-refractivity contribution in [3.05, 3.63) is 29.3 Å². The SMILES string of the molecule is CCN(CC)C(C)NC(=O)N1CCC(Sc2cccc(Cl)c2)CC1. The van der Waals surface area contributed by atoms with Gasteiger partial charge in [-0.05, 0) is 51.1 Å². The van der Waals surface area contributed by atoms with E-state index in [2.05, 4.69) is 30.1 Å². The highest BCUT2D eigenvalue weighted by molar-refractivity contribution is 8.00. The van der Waals surface area contributed by atoms with Crippen LogP contribution in [0.3, 0.4) is 0 Å². The highest BCUT2D eigenvalue weighted by Gasteiger charge is 2.25. The van der Waals surface area contributed by atoms with Crippen molar-refractivity contribution >= 4 is 29.4 Å². The van der Waals surface area contributed by atoms with Crippen molar-refractivity contribution < 1.29 is 4.79 Å². The molecule has 24 heavy (non-hydrogen) atoms. The summed E-state index contributed by atoms with van der Waals surface area (Å²) >= 11 is 7.91. The zero-order valence-corrected chi connectivity index (χ0v) is 16.4. The quantitative estimate of drug-likeness (QED) is 0.759. The zero-order chi connectivity index (χ0) is 17.5. The molecule has 1 fully saturated rings. The molecule has 0 bridgehead atoms. The number of nitrogens with one attached hydrogen (secondary N) is 1. The summed E-state index contributed by atoms with van der Waals surface area (Å²) in [5.74, 6) is 0. The molecular formula is C18H28ClN3OS. The number of urea groups is 1. The molecule has 1 aliphatic rings. The van der Waals surface area contributed by atoms with E-state index in [0.717, 1.165) is 44.0 Å². The summed E-state index contributed by atoms with van der Waals surface area (Å²) in [4.78, 5) is 17.8. The number of halogens is 1. The molecule has 1 unspecified atom stereocenters. The summed E-state index contributed by atoms with van der Waals surface area (Å²) in [5, 5.41) is 4.44. The van der Waals surface area contributed by atoms with Gasteiger partial charge in [0.15, 0.2) is 0 Å². The van der Waals surface area contributed by atoms with Crippen LogP contribution in [0, 0.1) is 0 Å². The number of hydrogen-bond acceptors (Lipinski definition) is 3. The Bertz CT molecular complexity index is 531. The lowest BCUT2D eigenvalue weighted by Crippen LogP contribution is -2.52. The Labute approximate surface area is 154 Å². The third-order valence-electron chi connectivity index (χ3n) is 4.52. The number of likely N-dealkylation sites (tertiary alicyclic amines) is 1. The number of rotatable bonds is 6. The summed E-state index contributed by atoms with van der Waals surface area (Å²) in [6.45, 7) is 9.79. The summed E-state index contributed by atoms with van der Waals surface area (Å²) < 4.78 is 0. The van der Waals surface area contributed by atoms with Crippen molar-refractivity contribution in [2.24, 2.45) is 0 Å². The molecule has 1 aromatic carbocycles. The number of carbonyl (C=O) groups excluding carboxylic acids is 1. The van der Waals surface area contributed by atoms with E-state index in [1.165, 1.54) is 4.90 Å². The zero-order valence-electron chi connectivity index (χ0n) is 14.8. The topological polar surface area (TPSA) is 35.6 Å². The van der Waals surface area contributed by atoms with Crippen LogP contribution in [0.15, 0.2) is 29.2 Å². The lowest BCUT2D eigenvalue weighted by atomic mass is 10.1. The fourth-order valence-corrected chi connectivity index (χ4v) is 4.48. The molecule has 0 radical (unpaired) electrons. The fraction of sp³-hybridized carbons (Fsp3) is 0.611. The van der Waals surface area contributed by atoms with Crippen LogP contribution in [0.1, 0.15) is 33.6 Å². The second-order valence-electron chi connectivity index (χ2n) is 6.11. The Kier molecular flexibility index (Phi) is 7.72. The fourth-order valence-electron chi connectivity index (χ4n) is 3.04. The number of piperidine rings is 1. The van der Waals surface area contributed by atoms with Crippen LogP contribution < -0.4 is 5.32 Å². The van der Waals surface area contributed by atoms with Gasteiger partial charge in [0.2, 0.25) is 0 Å². The van der Waals surface area contributed by atoms with E-state index in [0.29, 0.717) is 5.25 Å². The predicted molar refractivity (Wildman–Crippen MR) is 103 cm³/mol. The maximum Gasteiger partial charge on any atom is 0.318 e. The molecule has 6 heteroatoms. The van der Waals surface area contributed by atoms with Gasteiger partial charge in [-0.3, -0.25) is 4.90 Å². The summed E-state index contributed by atoms with van der Waals surface area (Å²) in [6, 6.07) is 8.05. The molecular weight excluding hydrogens is 342 g/mol. The molecule has 1 aromatic rings. The van der Waals surface area contributed by atoms with Crippen LogP contribution in [-0.2, 0) is 0 Å². The van der Waals surface area contributed by atoms with Crippen LogP contribution in [0.5, 0.6) is 0 Å². The minimum Gasteiger partial charge on any atom is -0.325 e. The molecule has 1 heterocycles. The molecule has 2 amide bonds. The standard InChI is InChI=1S/C18H28ClN3OS/c1-4-21(5-2)14(3)20-18(23)22-11-9-16(10-12-22)24-17-8-6-7-15(19)13-17/h6-8,13-14,16H,4-5,9-12H2,1-3H3,(H,20,23). The minimum atomic E-state index is 0.0561. The number of carbonyl (C=O) groups is 1. The van der Waals surface area contributed by atoms with Gasteiger partial charge in [-0.2, -0.15) is 0 Å². The van der Waals surface area contributed by atoms with Gasteiger partial charge in [0.05, 0.1) is 6.17 Å². The van der Waals surface area contributed by atoms with Gasteiger partial charge in [0, 0.05) is 28.3 Å². The first-order valence-electron chi connectivity index (χ1n) is 8.75. The van der Waals surface area contributed by atoms with Crippen LogP contribution in [0.2, 0.25) is 5.02 Å². The van der Waals surface area contributed by atoms with Crippen molar-refractivity contribution in [1.82, 2.24) is 15.1 Å². The van der Waals surface area contributed by atoms with Crippen LogP contribution >= 0.6 is 23.4 Å². The van der Waals surface area contributed by atoms with Gasteiger partial charge < -0.3 is 10.2 Å². The first-order chi connectivity index (χ1) is 11.5. The van der Waals surface area contributed by atoms with Gasteiger partial charge >= 0.3 is 6.03 Å². The highest BCUT2D eigenvalue weighted by Crippen LogP contribution is 2.31. The van der Waals surface area contributed by atoms with E-state index in [9.17, 15) is 4.79 Å². The first kappa shape index (κ1) is 19.4. The normalized spacial score (nSPS) is 17.1. The Balaban J connectivity index is 1.78. The molecule has 0 aromatic heterocycles. The molecule has 0 aliphatic carbocycles. The molecule has 0 saturated carbocycles. The molecule has 1 saturated heterocycles. The van der Waals surface area contributed by atoms with Crippen molar-refractivity contribution in [2.75, 3.05) is 26.2 Å². The van der Waals surface area contributed by atoms with Crippen molar-refractivity contribution in [3.8, 4) is 0 Å². The molecule has 1 aliphatic heterocycles. The lowest BCUT2D eigenvalue weighted by Gasteiger charge is -2.34. The van der Waals surface area contributed by atoms with Gasteiger partial charge in [0.1, 0.15) is 0 Å². The Morgan fingerprint density at radius 2 is 2.04 bits per heavy atom. The maximum atomic E-state index is 12.4. The van der Waals surface area contributed by atoms with Crippen LogP contribution in [0.4, 0.5) is 4.79 Å². The van der Waals surface area contributed by atoms with Gasteiger partial charge in [-0.1, -0.05) is 31.5 Å². The van der Waals surface area contributed by atoms with Gasteiger partial charge in [-0.25, -0.2) is 4.79 Å². The molecule has 4 nitrogen and oxygen atoms in total. The van der Waals surface area contributed by atoms with Crippen molar-refractivity contribution in [3.63, 3.8) is 0 Å². The van der Waals surface area contributed by atoms with Crippen LogP contribution in [-0.4, -0.2) is 53.4 Å². The van der Waals surface area contributed by atoms with Gasteiger partial charge in [-0.15, -0.1) is 11.8 Å². The molecule has 134 valence electrons. The number of hydrogen-bond donors (Lipinski definition) is 1. The Morgan fingerprint density at radius 1 is 1.38 bits per heavy atom. The average molecular weight is 370 g/mol. The highest BCUT2D eigenvalue weighted by atomic mass is 35.5. The number of nitrogens with zero attached hydrogens (tertiary/aromatic N) is 2. The molecule has 1 atom stereocenters. The average Bonchev–Trinajstić information content (AvgIpc) is 2.56. The summed E-state index contributed by atoms with van der Waals surface area (Å²) in [6.07, 6.45) is 2.11. The third-order valence-corrected chi connectivity index (χ3v) is 6.09. The Hall–Kier alpha value is -0.910. The summed E-state index contributed by atoms with van der Waals surface area (Å²) in [5.41, 5.74) is 0. The smallest absolute Gasteiger partial charge is 0.318 e. The number of benzene rings is 1. The second kappa shape index (κ2) is 9.54. The second-order valence-corrected chi connectivity index (χ2v) is 7.92. The predicted octanol–water partition coefficient (Wildman–Crippen LogP) is 4.29.